The van der Waals surface area contributed by atoms with Crippen molar-refractivity contribution in [2.75, 3.05) is 13.7 Å². The second-order valence-electron chi connectivity index (χ2n) is 6.87. The molecule has 1 saturated heterocycles. The summed E-state index contributed by atoms with van der Waals surface area (Å²) in [4.78, 5) is 27.7. The van der Waals surface area contributed by atoms with Gasteiger partial charge in [-0.05, 0) is 44.9 Å². The van der Waals surface area contributed by atoms with Crippen LogP contribution in [0.1, 0.15) is 51.9 Å². The molecule has 21 heavy (non-hydrogen) atoms. The SMILES string of the molecule is COCCC(C)N1C(=O)C(C2CC2)NC(=O)C12CCCC2. The van der Waals surface area contributed by atoms with Crippen LogP contribution in [0, 0.1) is 5.92 Å². The van der Waals surface area contributed by atoms with E-state index in [2.05, 4.69) is 12.2 Å². The smallest absolute Gasteiger partial charge is 0.246 e. The van der Waals surface area contributed by atoms with E-state index in [0.717, 1.165) is 44.9 Å². The number of piperazine rings is 1. The molecule has 1 spiro atoms. The third kappa shape index (κ3) is 2.45. The lowest BCUT2D eigenvalue weighted by atomic mass is 9.86. The molecule has 5 heteroatoms. The van der Waals surface area contributed by atoms with E-state index in [0.29, 0.717) is 12.5 Å². The maximum absolute atomic E-state index is 13.0. The van der Waals surface area contributed by atoms with Crippen LogP contribution in [0.3, 0.4) is 0 Å². The summed E-state index contributed by atoms with van der Waals surface area (Å²) in [5.41, 5.74) is -0.588. The predicted octanol–water partition coefficient (Wildman–Crippen LogP) is 1.46. The van der Waals surface area contributed by atoms with Crippen molar-refractivity contribution < 1.29 is 14.3 Å². The fourth-order valence-corrected chi connectivity index (χ4v) is 4.04. The molecule has 0 radical (unpaired) electrons. The molecule has 1 heterocycles. The molecule has 3 fully saturated rings. The van der Waals surface area contributed by atoms with Gasteiger partial charge in [-0.3, -0.25) is 9.59 Å². The first-order valence-corrected chi connectivity index (χ1v) is 8.23. The van der Waals surface area contributed by atoms with E-state index in [9.17, 15) is 9.59 Å². The average Bonchev–Trinajstić information content (AvgIpc) is 3.19. The zero-order valence-electron chi connectivity index (χ0n) is 13.1. The molecule has 0 aromatic carbocycles. The van der Waals surface area contributed by atoms with Crippen molar-refractivity contribution in [3.63, 3.8) is 0 Å². The third-order valence-corrected chi connectivity index (χ3v) is 5.38. The minimum atomic E-state index is -0.588. The Hall–Kier alpha value is -1.10. The van der Waals surface area contributed by atoms with E-state index < -0.39 is 5.54 Å². The molecule has 5 nitrogen and oxygen atoms in total. The van der Waals surface area contributed by atoms with Crippen LogP contribution in [-0.4, -0.2) is 48.1 Å². The predicted molar refractivity (Wildman–Crippen MR) is 78.7 cm³/mol. The molecule has 0 aromatic heterocycles. The zero-order valence-corrected chi connectivity index (χ0v) is 13.1. The number of amides is 2. The molecular formula is C16H26N2O3. The largest absolute Gasteiger partial charge is 0.385 e. The van der Waals surface area contributed by atoms with E-state index >= 15 is 0 Å². The third-order valence-electron chi connectivity index (χ3n) is 5.38. The van der Waals surface area contributed by atoms with Crippen molar-refractivity contribution in [1.29, 1.82) is 0 Å². The van der Waals surface area contributed by atoms with Gasteiger partial charge >= 0.3 is 0 Å². The van der Waals surface area contributed by atoms with Gasteiger partial charge in [0.25, 0.3) is 0 Å². The number of rotatable bonds is 5. The normalized spacial score (nSPS) is 29.8. The lowest BCUT2D eigenvalue weighted by Crippen LogP contribution is -2.72. The van der Waals surface area contributed by atoms with Gasteiger partial charge in [0.2, 0.25) is 11.8 Å². The van der Waals surface area contributed by atoms with Gasteiger partial charge in [-0.15, -0.1) is 0 Å². The molecule has 3 rings (SSSR count). The van der Waals surface area contributed by atoms with E-state index in [1.807, 2.05) is 4.90 Å². The summed E-state index contributed by atoms with van der Waals surface area (Å²) in [6.45, 7) is 2.68. The number of ether oxygens (including phenoxy) is 1. The minimum absolute atomic E-state index is 0.0582. The number of nitrogens with one attached hydrogen (secondary N) is 1. The summed E-state index contributed by atoms with van der Waals surface area (Å²) in [6.07, 6.45) is 6.58. The molecule has 2 saturated carbocycles. The Morgan fingerprint density at radius 3 is 2.57 bits per heavy atom. The highest BCUT2D eigenvalue weighted by Crippen LogP contribution is 2.43. The number of carbonyl (C=O) groups is 2. The van der Waals surface area contributed by atoms with E-state index in [4.69, 9.17) is 4.74 Å². The van der Waals surface area contributed by atoms with Crippen LogP contribution in [-0.2, 0) is 14.3 Å². The van der Waals surface area contributed by atoms with Gasteiger partial charge in [-0.2, -0.15) is 0 Å². The monoisotopic (exact) mass is 294 g/mol. The molecule has 2 aliphatic carbocycles. The first kappa shape index (κ1) is 14.8. The van der Waals surface area contributed by atoms with Crippen molar-refractivity contribution in [2.24, 2.45) is 5.92 Å². The molecular weight excluding hydrogens is 268 g/mol. The molecule has 118 valence electrons. The highest BCUT2D eigenvalue weighted by molar-refractivity contribution is 6.00. The molecule has 3 aliphatic rings. The number of nitrogens with zero attached hydrogens (tertiary/aromatic N) is 1. The topological polar surface area (TPSA) is 58.6 Å². The lowest BCUT2D eigenvalue weighted by Gasteiger charge is -2.49. The number of carbonyl (C=O) groups excluding carboxylic acids is 2. The molecule has 2 atom stereocenters. The molecule has 2 unspecified atom stereocenters. The van der Waals surface area contributed by atoms with Gasteiger partial charge in [0.05, 0.1) is 0 Å². The summed E-state index contributed by atoms with van der Waals surface area (Å²) < 4.78 is 5.16. The highest BCUT2D eigenvalue weighted by atomic mass is 16.5. The zero-order chi connectivity index (χ0) is 15.0. The summed E-state index contributed by atoms with van der Waals surface area (Å²) in [5.74, 6) is 0.584. The number of hydrogen-bond donors (Lipinski definition) is 1. The second kappa shape index (κ2) is 5.59. The summed E-state index contributed by atoms with van der Waals surface area (Å²) in [7, 11) is 1.68. The van der Waals surface area contributed by atoms with Crippen LogP contribution in [0.2, 0.25) is 0 Å². The van der Waals surface area contributed by atoms with Gasteiger partial charge in [-0.1, -0.05) is 12.8 Å². The van der Waals surface area contributed by atoms with Crippen LogP contribution in [0.4, 0.5) is 0 Å². The van der Waals surface area contributed by atoms with Gasteiger partial charge in [0.1, 0.15) is 11.6 Å². The lowest BCUT2D eigenvalue weighted by molar-refractivity contribution is -0.161. The van der Waals surface area contributed by atoms with Crippen molar-refractivity contribution in [2.45, 2.75) is 69.5 Å². The van der Waals surface area contributed by atoms with Gasteiger partial charge in [0.15, 0.2) is 0 Å². The van der Waals surface area contributed by atoms with E-state index in [1.54, 1.807) is 7.11 Å². The Bertz CT molecular complexity index is 427. The number of methoxy groups -OCH3 is 1. The molecule has 0 aromatic rings. The van der Waals surface area contributed by atoms with Crippen molar-refractivity contribution in [3.8, 4) is 0 Å². The van der Waals surface area contributed by atoms with Crippen LogP contribution in [0.25, 0.3) is 0 Å². The fraction of sp³-hybridized carbons (Fsp3) is 0.875. The van der Waals surface area contributed by atoms with Gasteiger partial charge in [-0.25, -0.2) is 0 Å². The summed E-state index contributed by atoms with van der Waals surface area (Å²) in [5, 5.41) is 3.04. The first-order chi connectivity index (χ1) is 10.1. The Morgan fingerprint density at radius 2 is 2.00 bits per heavy atom. The molecule has 1 N–H and O–H groups in total. The Kier molecular flexibility index (Phi) is 3.95. The van der Waals surface area contributed by atoms with E-state index in [-0.39, 0.29) is 23.9 Å². The van der Waals surface area contributed by atoms with Crippen molar-refractivity contribution in [1.82, 2.24) is 10.2 Å². The Balaban J connectivity index is 1.87. The molecule has 1 aliphatic heterocycles. The quantitative estimate of drug-likeness (QED) is 0.835. The Labute approximate surface area is 126 Å². The first-order valence-electron chi connectivity index (χ1n) is 8.23. The van der Waals surface area contributed by atoms with Crippen molar-refractivity contribution >= 4 is 11.8 Å². The van der Waals surface area contributed by atoms with Crippen molar-refractivity contribution in [3.05, 3.63) is 0 Å². The standard InChI is InChI=1S/C16H26N2O3/c1-11(7-10-21-2)18-14(19)13(12-5-6-12)17-15(20)16(18)8-3-4-9-16/h11-13H,3-10H2,1-2H3,(H,17,20). The highest BCUT2D eigenvalue weighted by Gasteiger charge is 2.57. The van der Waals surface area contributed by atoms with Crippen LogP contribution in [0.15, 0.2) is 0 Å². The number of hydrogen-bond acceptors (Lipinski definition) is 3. The molecule has 2 amide bonds. The minimum Gasteiger partial charge on any atom is -0.385 e. The van der Waals surface area contributed by atoms with Crippen LogP contribution >= 0.6 is 0 Å². The molecule has 0 bridgehead atoms. The maximum Gasteiger partial charge on any atom is 0.246 e. The van der Waals surface area contributed by atoms with Gasteiger partial charge in [0, 0.05) is 19.8 Å². The summed E-state index contributed by atoms with van der Waals surface area (Å²) >= 11 is 0. The van der Waals surface area contributed by atoms with Crippen LogP contribution < -0.4 is 5.32 Å². The van der Waals surface area contributed by atoms with Gasteiger partial charge < -0.3 is 15.0 Å². The van der Waals surface area contributed by atoms with Crippen LogP contribution in [0.5, 0.6) is 0 Å². The van der Waals surface area contributed by atoms with E-state index in [1.165, 1.54) is 0 Å². The Morgan fingerprint density at radius 1 is 1.33 bits per heavy atom. The average molecular weight is 294 g/mol. The second-order valence-corrected chi connectivity index (χ2v) is 6.87. The fourth-order valence-electron chi connectivity index (χ4n) is 4.04. The summed E-state index contributed by atoms with van der Waals surface area (Å²) in [6, 6.07) is -0.225. The maximum atomic E-state index is 13.0.